The van der Waals surface area contributed by atoms with Gasteiger partial charge in [-0.1, -0.05) is 6.07 Å². The number of carbonyl (C=O) groups is 1. The second-order valence-electron chi connectivity index (χ2n) is 5.79. The fraction of sp³-hybridized carbons (Fsp3) is 0.588. The first-order chi connectivity index (χ1) is 10.5. The number of Topliss-reactive ketones (excluding diaryl/α,β-unsaturated/α-hetero) is 1. The van der Waals surface area contributed by atoms with Crippen LogP contribution in [0.1, 0.15) is 25.3 Å². The molecular formula is C17H25NO4. The lowest BCUT2D eigenvalue weighted by molar-refractivity contribution is -0.126. The maximum absolute atomic E-state index is 11.4. The lowest BCUT2D eigenvalue weighted by Crippen LogP contribution is -2.44. The van der Waals surface area contributed by atoms with Crippen molar-refractivity contribution < 1.29 is 19.4 Å². The second kappa shape index (κ2) is 7.61. The van der Waals surface area contributed by atoms with Gasteiger partial charge in [0.25, 0.3) is 0 Å². The van der Waals surface area contributed by atoms with Crippen molar-refractivity contribution in [2.24, 2.45) is 5.92 Å². The number of rotatable bonds is 6. The summed E-state index contributed by atoms with van der Waals surface area (Å²) in [7, 11) is 3.24. The topological polar surface area (TPSA) is 59.0 Å². The van der Waals surface area contributed by atoms with E-state index < -0.39 is 6.23 Å². The molecule has 0 aromatic heterocycles. The maximum atomic E-state index is 11.4. The van der Waals surface area contributed by atoms with Crippen molar-refractivity contribution in [2.75, 3.05) is 27.3 Å². The van der Waals surface area contributed by atoms with Crippen LogP contribution in [0, 0.1) is 5.92 Å². The number of ketones is 1. The molecule has 1 fully saturated rings. The van der Waals surface area contributed by atoms with Crippen molar-refractivity contribution >= 4 is 5.78 Å². The Bertz CT molecular complexity index is 517. The van der Waals surface area contributed by atoms with Crippen molar-refractivity contribution in [3.63, 3.8) is 0 Å². The molecular weight excluding hydrogens is 282 g/mol. The fourth-order valence-corrected chi connectivity index (χ4v) is 2.93. The molecule has 1 aromatic carbocycles. The Balaban J connectivity index is 1.92. The molecule has 0 aliphatic carbocycles. The van der Waals surface area contributed by atoms with E-state index in [2.05, 4.69) is 0 Å². The first kappa shape index (κ1) is 16.8. The van der Waals surface area contributed by atoms with E-state index in [1.165, 1.54) is 0 Å². The van der Waals surface area contributed by atoms with E-state index in [1.807, 2.05) is 23.1 Å². The molecule has 1 aliphatic rings. The van der Waals surface area contributed by atoms with Crippen molar-refractivity contribution in [3.05, 3.63) is 23.8 Å². The minimum Gasteiger partial charge on any atom is -0.493 e. The summed E-state index contributed by atoms with van der Waals surface area (Å²) < 4.78 is 10.5. The maximum Gasteiger partial charge on any atom is 0.160 e. The first-order valence-electron chi connectivity index (χ1n) is 7.68. The standard InChI is InChI=1S/C17H25NO4/c1-12(19)14-7-9-18(17(20)11-14)8-6-13-4-5-15(21-2)16(10-13)22-3/h4-5,10,14,17,20H,6-9,11H2,1-3H3. The average molecular weight is 307 g/mol. The van der Waals surface area contributed by atoms with Gasteiger partial charge in [0, 0.05) is 19.0 Å². The van der Waals surface area contributed by atoms with Gasteiger partial charge in [-0.15, -0.1) is 0 Å². The number of nitrogens with zero attached hydrogens (tertiary/aromatic N) is 1. The first-order valence-corrected chi connectivity index (χ1v) is 7.68. The predicted octanol–water partition coefficient (Wildman–Crippen LogP) is 1.87. The van der Waals surface area contributed by atoms with Gasteiger partial charge in [0.15, 0.2) is 11.5 Å². The normalized spacial score (nSPS) is 22.4. The van der Waals surface area contributed by atoms with E-state index in [4.69, 9.17) is 9.47 Å². The van der Waals surface area contributed by atoms with Crippen LogP contribution in [0.25, 0.3) is 0 Å². The molecule has 1 saturated heterocycles. The Hall–Kier alpha value is -1.59. The largest absolute Gasteiger partial charge is 0.493 e. The average Bonchev–Trinajstić information content (AvgIpc) is 2.53. The Kier molecular flexibility index (Phi) is 5.80. The number of hydrogen-bond donors (Lipinski definition) is 1. The molecule has 1 N–H and O–H groups in total. The number of hydrogen-bond acceptors (Lipinski definition) is 5. The summed E-state index contributed by atoms with van der Waals surface area (Å²) in [6.45, 7) is 3.14. The number of carbonyl (C=O) groups excluding carboxylic acids is 1. The highest BCUT2D eigenvalue weighted by Gasteiger charge is 2.28. The molecule has 0 radical (unpaired) electrons. The second-order valence-corrected chi connectivity index (χ2v) is 5.79. The predicted molar refractivity (Wildman–Crippen MR) is 84.2 cm³/mol. The summed E-state index contributed by atoms with van der Waals surface area (Å²) in [6, 6.07) is 5.87. The van der Waals surface area contributed by atoms with Gasteiger partial charge in [-0.2, -0.15) is 0 Å². The highest BCUT2D eigenvalue weighted by atomic mass is 16.5. The lowest BCUT2D eigenvalue weighted by atomic mass is 9.92. The molecule has 0 spiro atoms. The molecule has 2 rings (SSSR count). The van der Waals surface area contributed by atoms with Crippen LogP contribution in [-0.2, 0) is 11.2 Å². The minimum absolute atomic E-state index is 0.00679. The molecule has 2 atom stereocenters. The Morgan fingerprint density at radius 3 is 2.64 bits per heavy atom. The SMILES string of the molecule is COc1ccc(CCN2CCC(C(C)=O)CC2O)cc1OC. The molecule has 22 heavy (non-hydrogen) atoms. The molecule has 2 unspecified atom stereocenters. The number of likely N-dealkylation sites (tertiary alicyclic amines) is 1. The highest BCUT2D eigenvalue weighted by molar-refractivity contribution is 5.78. The molecule has 122 valence electrons. The third-order valence-electron chi connectivity index (χ3n) is 4.39. The molecule has 1 heterocycles. The molecule has 1 aromatic rings. The smallest absolute Gasteiger partial charge is 0.160 e. The molecule has 0 bridgehead atoms. The van der Waals surface area contributed by atoms with E-state index in [1.54, 1.807) is 21.1 Å². The van der Waals surface area contributed by atoms with Crippen LogP contribution in [0.3, 0.4) is 0 Å². The van der Waals surface area contributed by atoms with Crippen molar-refractivity contribution in [3.8, 4) is 11.5 Å². The van der Waals surface area contributed by atoms with Gasteiger partial charge in [0.1, 0.15) is 12.0 Å². The van der Waals surface area contributed by atoms with Gasteiger partial charge in [0.2, 0.25) is 0 Å². The van der Waals surface area contributed by atoms with E-state index in [-0.39, 0.29) is 11.7 Å². The number of methoxy groups -OCH3 is 2. The van der Waals surface area contributed by atoms with Crippen LogP contribution >= 0.6 is 0 Å². The van der Waals surface area contributed by atoms with Crippen LogP contribution in [0.4, 0.5) is 0 Å². The molecule has 1 aliphatic heterocycles. The number of piperidine rings is 1. The third kappa shape index (κ3) is 3.99. The Morgan fingerprint density at radius 1 is 1.32 bits per heavy atom. The van der Waals surface area contributed by atoms with E-state index in [0.717, 1.165) is 37.2 Å². The van der Waals surface area contributed by atoms with Crippen LogP contribution < -0.4 is 9.47 Å². The van der Waals surface area contributed by atoms with Crippen molar-refractivity contribution in [1.29, 1.82) is 0 Å². The number of aliphatic hydroxyl groups excluding tert-OH is 1. The fourth-order valence-electron chi connectivity index (χ4n) is 2.93. The van der Waals surface area contributed by atoms with Gasteiger partial charge < -0.3 is 14.6 Å². The van der Waals surface area contributed by atoms with Gasteiger partial charge in [-0.25, -0.2) is 0 Å². The summed E-state index contributed by atoms with van der Waals surface area (Å²) in [5.41, 5.74) is 1.14. The third-order valence-corrected chi connectivity index (χ3v) is 4.39. The Labute approximate surface area is 131 Å². The molecule has 0 amide bonds. The van der Waals surface area contributed by atoms with Crippen LogP contribution in [-0.4, -0.2) is 49.3 Å². The quantitative estimate of drug-likeness (QED) is 0.869. The van der Waals surface area contributed by atoms with Crippen LogP contribution in [0.2, 0.25) is 0 Å². The monoisotopic (exact) mass is 307 g/mol. The van der Waals surface area contributed by atoms with Crippen molar-refractivity contribution in [2.45, 2.75) is 32.4 Å². The molecule has 5 heteroatoms. The van der Waals surface area contributed by atoms with Gasteiger partial charge in [0.05, 0.1) is 14.2 Å². The summed E-state index contributed by atoms with van der Waals surface area (Å²) in [6.07, 6.45) is 1.67. The number of ether oxygens (including phenoxy) is 2. The number of aliphatic hydroxyl groups is 1. The van der Waals surface area contributed by atoms with Gasteiger partial charge in [-0.3, -0.25) is 9.69 Å². The summed E-state index contributed by atoms with van der Waals surface area (Å²) in [4.78, 5) is 13.4. The molecule has 0 saturated carbocycles. The molecule has 5 nitrogen and oxygen atoms in total. The zero-order valence-corrected chi connectivity index (χ0v) is 13.5. The Morgan fingerprint density at radius 2 is 2.05 bits per heavy atom. The minimum atomic E-state index is -0.525. The van der Waals surface area contributed by atoms with Crippen LogP contribution in [0.5, 0.6) is 11.5 Å². The summed E-state index contributed by atoms with van der Waals surface area (Å²) >= 11 is 0. The zero-order valence-electron chi connectivity index (χ0n) is 13.5. The van der Waals surface area contributed by atoms with Crippen LogP contribution in [0.15, 0.2) is 18.2 Å². The highest BCUT2D eigenvalue weighted by Crippen LogP contribution is 2.28. The summed E-state index contributed by atoms with van der Waals surface area (Å²) in [5.74, 6) is 1.62. The summed E-state index contributed by atoms with van der Waals surface area (Å²) in [5, 5.41) is 10.2. The van der Waals surface area contributed by atoms with E-state index in [0.29, 0.717) is 12.2 Å². The van der Waals surface area contributed by atoms with E-state index >= 15 is 0 Å². The van der Waals surface area contributed by atoms with E-state index in [9.17, 15) is 9.90 Å². The number of benzene rings is 1. The van der Waals surface area contributed by atoms with Crippen molar-refractivity contribution in [1.82, 2.24) is 4.90 Å². The zero-order chi connectivity index (χ0) is 16.1. The van der Waals surface area contributed by atoms with Gasteiger partial charge in [-0.05, 0) is 43.9 Å². The lowest BCUT2D eigenvalue weighted by Gasteiger charge is -2.35. The van der Waals surface area contributed by atoms with Gasteiger partial charge >= 0.3 is 0 Å².